The molecule has 2 rings (SSSR count). The van der Waals surface area contributed by atoms with Crippen molar-refractivity contribution in [1.29, 1.82) is 0 Å². The Bertz CT molecular complexity index is 390. The van der Waals surface area contributed by atoms with E-state index in [1.54, 1.807) is 7.11 Å². The Morgan fingerprint density at radius 3 is 2.82 bits per heavy atom. The normalized spacial score (nSPS) is 23.6. The Hall–Kier alpha value is -1.06. The van der Waals surface area contributed by atoms with Crippen LogP contribution in [0.4, 0.5) is 0 Å². The van der Waals surface area contributed by atoms with E-state index in [1.165, 1.54) is 0 Å². The zero-order valence-corrected chi connectivity index (χ0v) is 10.7. The average molecular weight is 235 g/mol. The minimum Gasteiger partial charge on any atom is -0.496 e. The Labute approximate surface area is 103 Å². The summed E-state index contributed by atoms with van der Waals surface area (Å²) in [6.45, 7) is 4.21. The van der Waals surface area contributed by atoms with Gasteiger partial charge in [0.05, 0.1) is 13.2 Å². The van der Waals surface area contributed by atoms with E-state index in [1.807, 2.05) is 18.2 Å². The molecule has 0 saturated carbocycles. The number of aliphatic hydroxyl groups is 1. The summed E-state index contributed by atoms with van der Waals surface area (Å²) in [7, 11) is 1.68. The van der Waals surface area contributed by atoms with Crippen LogP contribution in [0.3, 0.4) is 0 Å². The molecule has 17 heavy (non-hydrogen) atoms. The summed E-state index contributed by atoms with van der Waals surface area (Å²) in [6, 6.07) is 6.44. The first-order chi connectivity index (χ1) is 8.13. The summed E-state index contributed by atoms with van der Waals surface area (Å²) >= 11 is 0. The Morgan fingerprint density at radius 1 is 1.41 bits per heavy atom. The van der Waals surface area contributed by atoms with E-state index in [0.717, 1.165) is 29.7 Å². The molecule has 0 spiro atoms. The van der Waals surface area contributed by atoms with E-state index >= 15 is 0 Å². The lowest BCUT2D eigenvalue weighted by Crippen LogP contribution is -2.42. The minimum absolute atomic E-state index is 0.148. The van der Waals surface area contributed by atoms with Crippen LogP contribution in [0.15, 0.2) is 18.2 Å². The molecular weight excluding hydrogens is 214 g/mol. The van der Waals surface area contributed by atoms with Crippen LogP contribution in [0, 0.1) is 0 Å². The fourth-order valence-corrected chi connectivity index (χ4v) is 2.60. The van der Waals surface area contributed by atoms with Gasteiger partial charge in [0.25, 0.3) is 0 Å². The van der Waals surface area contributed by atoms with Crippen LogP contribution in [-0.2, 0) is 6.42 Å². The average Bonchev–Trinajstić information content (AvgIpc) is 2.31. The van der Waals surface area contributed by atoms with E-state index in [9.17, 15) is 5.11 Å². The van der Waals surface area contributed by atoms with Crippen molar-refractivity contribution in [1.82, 2.24) is 5.32 Å². The molecule has 1 aliphatic carbocycles. The number of benzene rings is 1. The van der Waals surface area contributed by atoms with Crippen molar-refractivity contribution >= 4 is 0 Å². The predicted octanol–water partition coefficient (Wildman–Crippen LogP) is 2.04. The molecular formula is C14H21NO2. The third-order valence-corrected chi connectivity index (χ3v) is 3.34. The van der Waals surface area contributed by atoms with Crippen molar-refractivity contribution in [3.63, 3.8) is 0 Å². The Kier molecular flexibility index (Phi) is 3.69. The number of methoxy groups -OCH3 is 1. The van der Waals surface area contributed by atoms with Crippen molar-refractivity contribution in [2.75, 3.05) is 7.11 Å². The number of nitrogens with one attached hydrogen (secondary N) is 1. The molecule has 0 bridgehead atoms. The Morgan fingerprint density at radius 2 is 2.18 bits per heavy atom. The molecule has 0 aromatic heterocycles. The molecule has 2 N–H and O–H groups in total. The second-order valence-corrected chi connectivity index (χ2v) is 4.94. The van der Waals surface area contributed by atoms with Gasteiger partial charge in [-0.2, -0.15) is 0 Å². The number of fused-ring (bicyclic) bond motifs is 1. The molecule has 3 nitrogen and oxygen atoms in total. The number of hydrogen-bond acceptors (Lipinski definition) is 3. The van der Waals surface area contributed by atoms with Gasteiger partial charge in [0.2, 0.25) is 0 Å². The highest BCUT2D eigenvalue weighted by molar-refractivity contribution is 5.43. The molecule has 0 heterocycles. The third-order valence-electron chi connectivity index (χ3n) is 3.34. The van der Waals surface area contributed by atoms with Crippen molar-refractivity contribution in [3.05, 3.63) is 29.3 Å². The number of ether oxygens (including phenoxy) is 1. The van der Waals surface area contributed by atoms with Crippen LogP contribution in [0.1, 0.15) is 37.5 Å². The number of hydrogen-bond donors (Lipinski definition) is 2. The summed E-state index contributed by atoms with van der Waals surface area (Å²) < 4.78 is 5.35. The SMILES string of the molecule is COc1cccc2c1CCC(NC(C)C)C2O. The zero-order valence-electron chi connectivity index (χ0n) is 10.7. The highest BCUT2D eigenvalue weighted by Crippen LogP contribution is 2.35. The molecule has 1 aliphatic rings. The van der Waals surface area contributed by atoms with E-state index in [0.29, 0.717) is 6.04 Å². The first-order valence-corrected chi connectivity index (χ1v) is 6.23. The molecule has 3 heteroatoms. The van der Waals surface area contributed by atoms with Gasteiger partial charge in [-0.15, -0.1) is 0 Å². The molecule has 1 aromatic rings. The molecule has 0 fully saturated rings. The second-order valence-electron chi connectivity index (χ2n) is 4.94. The van der Waals surface area contributed by atoms with Gasteiger partial charge >= 0.3 is 0 Å². The maximum absolute atomic E-state index is 10.4. The summed E-state index contributed by atoms with van der Waals surface area (Å²) in [4.78, 5) is 0. The second kappa shape index (κ2) is 5.07. The van der Waals surface area contributed by atoms with Crippen LogP contribution in [-0.4, -0.2) is 24.3 Å². The van der Waals surface area contributed by atoms with Gasteiger partial charge in [-0.1, -0.05) is 26.0 Å². The van der Waals surface area contributed by atoms with Gasteiger partial charge < -0.3 is 15.2 Å². The summed E-state index contributed by atoms with van der Waals surface area (Å²) in [5.74, 6) is 0.893. The third kappa shape index (κ3) is 2.45. The lowest BCUT2D eigenvalue weighted by Gasteiger charge is -2.32. The van der Waals surface area contributed by atoms with Gasteiger partial charge in [-0.05, 0) is 24.5 Å². The molecule has 1 aromatic carbocycles. The number of rotatable bonds is 3. The summed E-state index contributed by atoms with van der Waals surface area (Å²) in [5, 5.41) is 13.8. The van der Waals surface area contributed by atoms with Crippen molar-refractivity contribution in [2.45, 2.75) is 44.9 Å². The molecule has 0 saturated heterocycles. The largest absolute Gasteiger partial charge is 0.496 e. The maximum Gasteiger partial charge on any atom is 0.122 e. The molecule has 0 radical (unpaired) electrons. The fraction of sp³-hybridized carbons (Fsp3) is 0.571. The molecule has 0 aliphatic heterocycles. The van der Waals surface area contributed by atoms with Gasteiger partial charge in [-0.3, -0.25) is 0 Å². The van der Waals surface area contributed by atoms with Crippen LogP contribution in [0.25, 0.3) is 0 Å². The van der Waals surface area contributed by atoms with E-state index in [2.05, 4.69) is 19.2 Å². The monoisotopic (exact) mass is 235 g/mol. The molecule has 0 amide bonds. The van der Waals surface area contributed by atoms with Gasteiger partial charge in [0.15, 0.2) is 0 Å². The standard InChI is InChI=1S/C14H21NO2/c1-9(2)15-12-8-7-10-11(14(12)16)5-4-6-13(10)17-3/h4-6,9,12,14-16H,7-8H2,1-3H3. The summed E-state index contributed by atoms with van der Waals surface area (Å²) in [5.41, 5.74) is 2.16. The molecule has 94 valence electrons. The van der Waals surface area contributed by atoms with Gasteiger partial charge in [-0.25, -0.2) is 0 Å². The maximum atomic E-state index is 10.4. The van der Waals surface area contributed by atoms with Gasteiger partial charge in [0, 0.05) is 17.6 Å². The van der Waals surface area contributed by atoms with Crippen LogP contribution in [0.2, 0.25) is 0 Å². The fourth-order valence-electron chi connectivity index (χ4n) is 2.60. The summed E-state index contributed by atoms with van der Waals surface area (Å²) in [6.07, 6.45) is 1.48. The van der Waals surface area contributed by atoms with Crippen LogP contribution in [0.5, 0.6) is 5.75 Å². The lowest BCUT2D eigenvalue weighted by molar-refractivity contribution is 0.110. The highest BCUT2D eigenvalue weighted by atomic mass is 16.5. The minimum atomic E-state index is -0.434. The van der Waals surface area contributed by atoms with Crippen LogP contribution < -0.4 is 10.1 Å². The van der Waals surface area contributed by atoms with Gasteiger partial charge in [0.1, 0.15) is 5.75 Å². The Balaban J connectivity index is 2.26. The lowest BCUT2D eigenvalue weighted by atomic mass is 9.85. The zero-order chi connectivity index (χ0) is 12.4. The van der Waals surface area contributed by atoms with Crippen molar-refractivity contribution < 1.29 is 9.84 Å². The first kappa shape index (κ1) is 12.4. The van der Waals surface area contributed by atoms with E-state index < -0.39 is 6.10 Å². The quantitative estimate of drug-likeness (QED) is 0.842. The first-order valence-electron chi connectivity index (χ1n) is 6.23. The predicted molar refractivity (Wildman–Crippen MR) is 68.3 cm³/mol. The number of aliphatic hydroxyl groups excluding tert-OH is 1. The highest BCUT2D eigenvalue weighted by Gasteiger charge is 2.29. The molecule has 2 atom stereocenters. The topological polar surface area (TPSA) is 41.5 Å². The molecule has 2 unspecified atom stereocenters. The van der Waals surface area contributed by atoms with Crippen molar-refractivity contribution in [2.24, 2.45) is 0 Å². The smallest absolute Gasteiger partial charge is 0.122 e. The van der Waals surface area contributed by atoms with E-state index in [-0.39, 0.29) is 6.04 Å². The van der Waals surface area contributed by atoms with E-state index in [4.69, 9.17) is 4.74 Å². The van der Waals surface area contributed by atoms with Crippen LogP contribution >= 0.6 is 0 Å². The van der Waals surface area contributed by atoms with Crippen molar-refractivity contribution in [3.8, 4) is 5.75 Å².